The quantitative estimate of drug-likeness (QED) is 0.749. The molecule has 0 bridgehead atoms. The molecule has 1 aliphatic rings. The Balaban J connectivity index is 2.17. The van der Waals surface area contributed by atoms with Gasteiger partial charge in [0.2, 0.25) is 0 Å². The van der Waals surface area contributed by atoms with Crippen LogP contribution >= 0.6 is 0 Å². The Bertz CT molecular complexity index is 372. The van der Waals surface area contributed by atoms with Crippen molar-refractivity contribution in [2.45, 2.75) is 18.1 Å². The molecule has 0 aliphatic carbocycles. The molecule has 78 valence electrons. The van der Waals surface area contributed by atoms with E-state index in [2.05, 4.69) is 0 Å². The molecule has 0 spiro atoms. The minimum absolute atomic E-state index is 0.383. The standard InChI is InChI=1S/C12H12O3/c13-9-11-12(14,6-7-15-11)8-10-4-2-1-3-5-10/h1-7,9,11,14H,8H2. The highest BCUT2D eigenvalue weighted by Gasteiger charge is 2.39. The Kier molecular flexibility index (Phi) is 2.56. The highest BCUT2D eigenvalue weighted by Crippen LogP contribution is 2.25. The van der Waals surface area contributed by atoms with E-state index in [9.17, 15) is 9.90 Å². The fourth-order valence-corrected chi connectivity index (χ4v) is 1.69. The second kappa shape index (κ2) is 3.87. The minimum Gasteiger partial charge on any atom is -0.487 e. The molecule has 1 aromatic carbocycles. The average Bonchev–Trinajstić information content (AvgIpc) is 2.60. The maximum Gasteiger partial charge on any atom is 0.185 e. The van der Waals surface area contributed by atoms with Gasteiger partial charge in [0.1, 0.15) is 5.60 Å². The zero-order chi connectivity index (χ0) is 10.7. The Hall–Kier alpha value is -1.61. The van der Waals surface area contributed by atoms with Crippen LogP contribution in [0.2, 0.25) is 0 Å². The van der Waals surface area contributed by atoms with E-state index in [0.717, 1.165) is 5.56 Å². The number of hydrogen-bond donors (Lipinski definition) is 1. The molecular formula is C12H12O3. The van der Waals surface area contributed by atoms with Gasteiger partial charge < -0.3 is 9.84 Å². The van der Waals surface area contributed by atoms with Gasteiger partial charge >= 0.3 is 0 Å². The van der Waals surface area contributed by atoms with Crippen LogP contribution in [-0.2, 0) is 16.0 Å². The van der Waals surface area contributed by atoms with Crippen LogP contribution in [0.5, 0.6) is 0 Å². The summed E-state index contributed by atoms with van der Waals surface area (Å²) >= 11 is 0. The van der Waals surface area contributed by atoms with Crippen molar-refractivity contribution in [3.05, 3.63) is 48.2 Å². The summed E-state index contributed by atoms with van der Waals surface area (Å²) in [5, 5.41) is 10.2. The Morgan fingerprint density at radius 1 is 1.40 bits per heavy atom. The van der Waals surface area contributed by atoms with Gasteiger partial charge in [-0.05, 0) is 11.6 Å². The molecule has 2 unspecified atom stereocenters. The van der Waals surface area contributed by atoms with Crippen LogP contribution in [0.1, 0.15) is 5.56 Å². The average molecular weight is 204 g/mol. The van der Waals surface area contributed by atoms with Crippen molar-refractivity contribution in [1.82, 2.24) is 0 Å². The molecule has 1 aromatic rings. The van der Waals surface area contributed by atoms with Crippen molar-refractivity contribution in [3.8, 4) is 0 Å². The minimum atomic E-state index is -1.21. The molecule has 2 atom stereocenters. The monoisotopic (exact) mass is 204 g/mol. The molecule has 0 amide bonds. The summed E-state index contributed by atoms with van der Waals surface area (Å²) in [6, 6.07) is 9.52. The second-order valence-electron chi connectivity index (χ2n) is 3.65. The number of aliphatic hydroxyl groups is 1. The predicted octanol–water partition coefficient (Wildman–Crippen LogP) is 1.07. The van der Waals surface area contributed by atoms with Crippen molar-refractivity contribution >= 4 is 6.29 Å². The molecule has 0 fully saturated rings. The van der Waals surface area contributed by atoms with E-state index in [1.807, 2.05) is 30.3 Å². The van der Waals surface area contributed by atoms with Gasteiger partial charge in [0.05, 0.1) is 6.26 Å². The third kappa shape index (κ3) is 1.92. The van der Waals surface area contributed by atoms with Gasteiger partial charge in [0.25, 0.3) is 0 Å². The van der Waals surface area contributed by atoms with Crippen molar-refractivity contribution in [2.75, 3.05) is 0 Å². The van der Waals surface area contributed by atoms with Gasteiger partial charge in [-0.15, -0.1) is 0 Å². The van der Waals surface area contributed by atoms with Crippen LogP contribution in [0.15, 0.2) is 42.7 Å². The summed E-state index contributed by atoms with van der Waals surface area (Å²) in [4.78, 5) is 10.7. The van der Waals surface area contributed by atoms with E-state index in [-0.39, 0.29) is 0 Å². The van der Waals surface area contributed by atoms with Gasteiger partial charge in [0, 0.05) is 6.42 Å². The topological polar surface area (TPSA) is 46.5 Å². The predicted molar refractivity (Wildman–Crippen MR) is 55.2 cm³/mol. The normalized spacial score (nSPS) is 28.7. The number of carbonyl (C=O) groups is 1. The number of benzene rings is 1. The Morgan fingerprint density at radius 3 is 2.80 bits per heavy atom. The van der Waals surface area contributed by atoms with Gasteiger partial charge in [-0.2, -0.15) is 0 Å². The fraction of sp³-hybridized carbons (Fsp3) is 0.250. The number of hydrogen-bond acceptors (Lipinski definition) is 3. The van der Waals surface area contributed by atoms with Crippen LogP contribution in [0, 0.1) is 0 Å². The molecule has 0 radical (unpaired) electrons. The lowest BCUT2D eigenvalue weighted by Crippen LogP contribution is -2.41. The van der Waals surface area contributed by atoms with Crippen molar-refractivity contribution in [2.24, 2.45) is 0 Å². The van der Waals surface area contributed by atoms with Crippen LogP contribution in [0.3, 0.4) is 0 Å². The first-order valence-corrected chi connectivity index (χ1v) is 4.79. The summed E-state index contributed by atoms with van der Waals surface area (Å²) in [5.41, 5.74) is -0.231. The maximum absolute atomic E-state index is 10.7. The lowest BCUT2D eigenvalue weighted by Gasteiger charge is -2.23. The van der Waals surface area contributed by atoms with Gasteiger partial charge in [-0.25, -0.2) is 0 Å². The van der Waals surface area contributed by atoms with E-state index in [1.54, 1.807) is 0 Å². The van der Waals surface area contributed by atoms with E-state index in [0.29, 0.717) is 12.7 Å². The number of carbonyl (C=O) groups excluding carboxylic acids is 1. The van der Waals surface area contributed by atoms with E-state index >= 15 is 0 Å². The molecule has 15 heavy (non-hydrogen) atoms. The third-order valence-corrected chi connectivity index (χ3v) is 2.53. The zero-order valence-corrected chi connectivity index (χ0v) is 8.17. The van der Waals surface area contributed by atoms with Crippen molar-refractivity contribution < 1.29 is 14.6 Å². The number of rotatable bonds is 3. The summed E-state index contributed by atoms with van der Waals surface area (Å²) in [5.74, 6) is 0. The summed E-state index contributed by atoms with van der Waals surface area (Å²) in [7, 11) is 0. The van der Waals surface area contributed by atoms with E-state index in [1.165, 1.54) is 12.3 Å². The van der Waals surface area contributed by atoms with Crippen LogP contribution in [-0.4, -0.2) is 23.1 Å². The fourth-order valence-electron chi connectivity index (χ4n) is 1.69. The van der Waals surface area contributed by atoms with Gasteiger partial charge in [-0.1, -0.05) is 30.3 Å². The lowest BCUT2D eigenvalue weighted by molar-refractivity contribution is -0.122. The molecule has 3 heteroatoms. The number of ether oxygens (including phenoxy) is 1. The Morgan fingerprint density at radius 2 is 2.13 bits per heavy atom. The first kappa shape index (κ1) is 9.93. The van der Waals surface area contributed by atoms with Gasteiger partial charge in [-0.3, -0.25) is 4.79 Å². The smallest absolute Gasteiger partial charge is 0.185 e. The van der Waals surface area contributed by atoms with Crippen molar-refractivity contribution in [3.63, 3.8) is 0 Å². The molecule has 1 aliphatic heterocycles. The van der Waals surface area contributed by atoms with E-state index < -0.39 is 11.7 Å². The molecule has 0 aromatic heterocycles. The third-order valence-electron chi connectivity index (χ3n) is 2.53. The largest absolute Gasteiger partial charge is 0.487 e. The van der Waals surface area contributed by atoms with Crippen LogP contribution < -0.4 is 0 Å². The molecule has 1 heterocycles. The van der Waals surface area contributed by atoms with Crippen LogP contribution in [0.4, 0.5) is 0 Å². The summed E-state index contributed by atoms with van der Waals surface area (Å²) in [6.07, 6.45) is 3.12. The zero-order valence-electron chi connectivity index (χ0n) is 8.17. The molecule has 1 N–H and O–H groups in total. The SMILES string of the molecule is O=CC1OC=CC1(O)Cc1ccccc1. The van der Waals surface area contributed by atoms with Crippen molar-refractivity contribution in [1.29, 1.82) is 0 Å². The first-order valence-electron chi connectivity index (χ1n) is 4.79. The lowest BCUT2D eigenvalue weighted by atomic mass is 9.91. The summed E-state index contributed by atoms with van der Waals surface area (Å²) in [6.45, 7) is 0. The molecule has 0 saturated heterocycles. The highest BCUT2D eigenvalue weighted by molar-refractivity contribution is 5.61. The molecule has 0 saturated carbocycles. The Labute approximate surface area is 88.0 Å². The van der Waals surface area contributed by atoms with Crippen LogP contribution in [0.25, 0.3) is 0 Å². The number of aldehydes is 1. The molecule has 2 rings (SSSR count). The van der Waals surface area contributed by atoms with E-state index in [4.69, 9.17) is 4.74 Å². The second-order valence-corrected chi connectivity index (χ2v) is 3.65. The maximum atomic E-state index is 10.7. The molecular weight excluding hydrogens is 192 g/mol. The highest BCUT2D eigenvalue weighted by atomic mass is 16.5. The molecule has 3 nitrogen and oxygen atoms in total. The summed E-state index contributed by atoms with van der Waals surface area (Å²) < 4.78 is 4.99. The van der Waals surface area contributed by atoms with Gasteiger partial charge in [0.15, 0.2) is 12.4 Å². The first-order chi connectivity index (χ1) is 7.24.